The molecule has 1 aliphatic carbocycles. The van der Waals surface area contributed by atoms with Crippen LogP contribution >= 0.6 is 0 Å². The minimum absolute atomic E-state index is 0.211. The molecule has 1 aliphatic heterocycles. The molecule has 3 atom stereocenters. The summed E-state index contributed by atoms with van der Waals surface area (Å²) in [7, 11) is 0. The highest BCUT2D eigenvalue weighted by molar-refractivity contribution is 5.80. The molecule has 2 aliphatic rings. The number of aliphatic imine (C=N–C) groups is 1. The Balaban J connectivity index is 1.67. The molecule has 0 aromatic heterocycles. The van der Waals surface area contributed by atoms with Crippen molar-refractivity contribution in [3.8, 4) is 0 Å². The molecule has 0 saturated heterocycles. The third-order valence-corrected chi connectivity index (χ3v) is 4.04. The Bertz CT molecular complexity index is 489. The van der Waals surface area contributed by atoms with Crippen molar-refractivity contribution in [3.63, 3.8) is 0 Å². The van der Waals surface area contributed by atoms with Crippen molar-refractivity contribution in [2.24, 2.45) is 16.6 Å². The molecule has 1 aromatic rings. The normalized spacial score (nSPS) is 29.6. The molecule has 0 amide bonds. The summed E-state index contributed by atoms with van der Waals surface area (Å²) >= 11 is 0. The van der Waals surface area contributed by atoms with E-state index in [9.17, 15) is 4.39 Å². The summed E-state index contributed by atoms with van der Waals surface area (Å²) in [6, 6.07) is 6.87. The predicted octanol–water partition coefficient (Wildman–Crippen LogP) is 2.29. The molecule has 3 unspecified atom stereocenters. The van der Waals surface area contributed by atoms with Crippen molar-refractivity contribution in [2.45, 2.75) is 37.8 Å². The summed E-state index contributed by atoms with van der Waals surface area (Å²) in [5.74, 6) is 1.11. The molecular weight excluding hydrogens is 243 g/mol. The van der Waals surface area contributed by atoms with Gasteiger partial charge < -0.3 is 10.5 Å². The van der Waals surface area contributed by atoms with Gasteiger partial charge in [0.1, 0.15) is 11.9 Å². The lowest BCUT2D eigenvalue weighted by Gasteiger charge is -2.28. The van der Waals surface area contributed by atoms with E-state index in [4.69, 9.17) is 10.5 Å². The van der Waals surface area contributed by atoms with Gasteiger partial charge in [-0.3, -0.25) is 0 Å². The fourth-order valence-corrected chi connectivity index (χ4v) is 2.99. The average Bonchev–Trinajstić information content (AvgIpc) is 2.79. The Hall–Kier alpha value is -1.42. The Morgan fingerprint density at radius 3 is 3.05 bits per heavy atom. The van der Waals surface area contributed by atoms with Crippen molar-refractivity contribution in [2.75, 3.05) is 6.54 Å². The van der Waals surface area contributed by atoms with Gasteiger partial charge in [-0.2, -0.15) is 0 Å². The maximum absolute atomic E-state index is 13.1. The summed E-state index contributed by atoms with van der Waals surface area (Å²) < 4.78 is 19.0. The van der Waals surface area contributed by atoms with Crippen LogP contribution < -0.4 is 5.73 Å². The zero-order valence-corrected chi connectivity index (χ0v) is 10.9. The van der Waals surface area contributed by atoms with Crippen LogP contribution in [0, 0.1) is 11.7 Å². The maximum Gasteiger partial charge on any atom is 0.188 e. The lowest BCUT2D eigenvalue weighted by molar-refractivity contribution is 0.127. The summed E-state index contributed by atoms with van der Waals surface area (Å²) in [5, 5.41) is 0. The minimum Gasteiger partial charge on any atom is -0.475 e. The molecule has 0 bridgehead atoms. The third kappa shape index (κ3) is 2.78. The summed E-state index contributed by atoms with van der Waals surface area (Å²) in [6.07, 6.45) is 3.97. The molecule has 1 heterocycles. The van der Waals surface area contributed by atoms with Crippen LogP contribution in [0.4, 0.5) is 4.39 Å². The van der Waals surface area contributed by atoms with Crippen molar-refractivity contribution in [3.05, 3.63) is 35.6 Å². The number of fused-ring (bicyclic) bond motifs is 1. The van der Waals surface area contributed by atoms with E-state index in [0.29, 0.717) is 12.3 Å². The smallest absolute Gasteiger partial charge is 0.188 e. The summed E-state index contributed by atoms with van der Waals surface area (Å²) in [6.45, 7) is 0.734. The van der Waals surface area contributed by atoms with Gasteiger partial charge in [-0.15, -0.1) is 0 Å². The van der Waals surface area contributed by atoms with E-state index in [0.717, 1.165) is 37.3 Å². The van der Waals surface area contributed by atoms with Crippen LogP contribution in [0.5, 0.6) is 0 Å². The van der Waals surface area contributed by atoms with E-state index >= 15 is 0 Å². The Kier molecular flexibility index (Phi) is 3.51. The molecule has 0 spiro atoms. The lowest BCUT2D eigenvalue weighted by Crippen LogP contribution is -2.33. The largest absolute Gasteiger partial charge is 0.475 e. The van der Waals surface area contributed by atoms with Crippen LogP contribution in [0.1, 0.15) is 24.8 Å². The van der Waals surface area contributed by atoms with Gasteiger partial charge in [-0.1, -0.05) is 12.1 Å². The molecule has 1 fully saturated rings. The molecule has 0 radical (unpaired) electrons. The van der Waals surface area contributed by atoms with Crippen LogP contribution in [0.25, 0.3) is 0 Å². The van der Waals surface area contributed by atoms with E-state index in [1.165, 1.54) is 12.1 Å². The molecular formula is C15H19FN2O. The molecule has 1 aromatic carbocycles. The molecule has 19 heavy (non-hydrogen) atoms. The average molecular weight is 262 g/mol. The van der Waals surface area contributed by atoms with E-state index < -0.39 is 0 Å². The molecule has 102 valence electrons. The first-order chi connectivity index (χ1) is 9.24. The van der Waals surface area contributed by atoms with Crippen LogP contribution in [0.3, 0.4) is 0 Å². The minimum atomic E-state index is -0.211. The highest BCUT2D eigenvalue weighted by Crippen LogP contribution is 2.32. The predicted molar refractivity (Wildman–Crippen MR) is 72.6 cm³/mol. The number of nitrogens with two attached hydrogens (primary N) is 1. The van der Waals surface area contributed by atoms with E-state index in [2.05, 4.69) is 4.99 Å². The van der Waals surface area contributed by atoms with Crippen molar-refractivity contribution < 1.29 is 9.13 Å². The van der Waals surface area contributed by atoms with Gasteiger partial charge in [-0.25, -0.2) is 9.38 Å². The number of hydrogen-bond donors (Lipinski definition) is 1. The van der Waals surface area contributed by atoms with Crippen molar-refractivity contribution in [1.82, 2.24) is 0 Å². The number of benzene rings is 1. The number of ether oxygens (including phenoxy) is 1. The van der Waals surface area contributed by atoms with E-state index in [-0.39, 0.29) is 18.0 Å². The van der Waals surface area contributed by atoms with Crippen LogP contribution in [-0.4, -0.2) is 24.6 Å². The van der Waals surface area contributed by atoms with Crippen LogP contribution in [0.15, 0.2) is 29.3 Å². The number of halogens is 1. The lowest BCUT2D eigenvalue weighted by atomic mass is 9.84. The fourth-order valence-electron chi connectivity index (χ4n) is 2.99. The SMILES string of the molecule is NCC1CCC2OC(Cc3cccc(F)c3)=NC2C1. The second kappa shape index (κ2) is 5.29. The van der Waals surface area contributed by atoms with Crippen molar-refractivity contribution >= 4 is 5.90 Å². The second-order valence-corrected chi connectivity index (χ2v) is 5.47. The monoisotopic (exact) mass is 262 g/mol. The number of hydrogen-bond acceptors (Lipinski definition) is 3. The molecule has 3 rings (SSSR count). The number of rotatable bonds is 3. The zero-order chi connectivity index (χ0) is 13.2. The Labute approximate surface area is 112 Å². The zero-order valence-electron chi connectivity index (χ0n) is 10.9. The van der Waals surface area contributed by atoms with E-state index in [1.807, 2.05) is 6.07 Å². The Morgan fingerprint density at radius 2 is 2.26 bits per heavy atom. The fraction of sp³-hybridized carbons (Fsp3) is 0.533. The molecule has 3 nitrogen and oxygen atoms in total. The van der Waals surface area contributed by atoms with Crippen LogP contribution in [-0.2, 0) is 11.2 Å². The second-order valence-electron chi connectivity index (χ2n) is 5.47. The van der Waals surface area contributed by atoms with E-state index in [1.54, 1.807) is 6.07 Å². The first-order valence-corrected chi connectivity index (χ1v) is 6.92. The highest BCUT2D eigenvalue weighted by Gasteiger charge is 2.36. The van der Waals surface area contributed by atoms with Gasteiger partial charge in [0.05, 0.1) is 6.04 Å². The van der Waals surface area contributed by atoms with Gasteiger partial charge >= 0.3 is 0 Å². The maximum atomic E-state index is 13.1. The third-order valence-electron chi connectivity index (χ3n) is 4.04. The number of nitrogens with zero attached hydrogens (tertiary/aromatic N) is 1. The van der Waals surface area contributed by atoms with Gasteiger partial charge in [0, 0.05) is 6.42 Å². The summed E-state index contributed by atoms with van der Waals surface area (Å²) in [4.78, 5) is 4.65. The standard InChI is InChI=1S/C15H19FN2O/c16-12-3-1-2-10(6-12)8-15-18-13-7-11(9-17)4-5-14(13)19-15/h1-3,6,11,13-14H,4-5,7-9,17H2. The van der Waals surface area contributed by atoms with Gasteiger partial charge in [0.2, 0.25) is 0 Å². The molecule has 1 saturated carbocycles. The topological polar surface area (TPSA) is 47.6 Å². The van der Waals surface area contributed by atoms with Gasteiger partial charge in [0.15, 0.2) is 5.90 Å². The first kappa shape index (κ1) is 12.6. The van der Waals surface area contributed by atoms with Gasteiger partial charge in [-0.05, 0) is 49.4 Å². The first-order valence-electron chi connectivity index (χ1n) is 6.92. The highest BCUT2D eigenvalue weighted by atomic mass is 19.1. The Morgan fingerprint density at radius 1 is 1.37 bits per heavy atom. The molecule has 2 N–H and O–H groups in total. The summed E-state index contributed by atoms with van der Waals surface area (Å²) in [5.41, 5.74) is 6.64. The van der Waals surface area contributed by atoms with Crippen LogP contribution in [0.2, 0.25) is 0 Å². The van der Waals surface area contributed by atoms with Gasteiger partial charge in [0.25, 0.3) is 0 Å². The molecule has 4 heteroatoms. The quantitative estimate of drug-likeness (QED) is 0.908. The van der Waals surface area contributed by atoms with Crippen molar-refractivity contribution in [1.29, 1.82) is 0 Å².